The molecule has 0 aliphatic heterocycles. The van der Waals surface area contributed by atoms with Gasteiger partial charge in [0.05, 0.1) is 6.61 Å². The number of ether oxygens (including phenoxy) is 1. The first-order valence-corrected chi connectivity index (χ1v) is 8.65. The average molecular weight is 307 g/mol. The van der Waals surface area contributed by atoms with Crippen molar-refractivity contribution in [2.75, 3.05) is 6.61 Å². The van der Waals surface area contributed by atoms with E-state index in [1.807, 2.05) is 19.1 Å². The summed E-state index contributed by atoms with van der Waals surface area (Å²) in [4.78, 5) is 0. The van der Waals surface area contributed by atoms with Crippen molar-refractivity contribution in [2.45, 2.75) is 58.8 Å². The lowest BCUT2D eigenvalue weighted by Gasteiger charge is -2.16. The van der Waals surface area contributed by atoms with Crippen LogP contribution in [0.5, 0.6) is 5.75 Å². The molecule has 1 aliphatic rings. The van der Waals surface area contributed by atoms with Crippen LogP contribution in [-0.2, 0) is 0 Å². The summed E-state index contributed by atoms with van der Waals surface area (Å²) in [7, 11) is 0. The highest BCUT2D eigenvalue weighted by molar-refractivity contribution is 6.30. The molecule has 0 spiro atoms. The van der Waals surface area contributed by atoms with Crippen LogP contribution in [0.1, 0.15) is 57.4 Å². The summed E-state index contributed by atoms with van der Waals surface area (Å²) in [6.07, 6.45) is 11.5. The van der Waals surface area contributed by atoms with Gasteiger partial charge in [-0.25, -0.2) is 0 Å². The van der Waals surface area contributed by atoms with E-state index in [1.54, 1.807) is 5.57 Å². The highest BCUT2D eigenvalue weighted by Gasteiger charge is 2.19. The molecular formula is C19H27ClO. The summed E-state index contributed by atoms with van der Waals surface area (Å²) in [6, 6.07) is 5.93. The van der Waals surface area contributed by atoms with Crippen LogP contribution < -0.4 is 4.74 Å². The van der Waals surface area contributed by atoms with Crippen LogP contribution in [0.25, 0.3) is 0 Å². The highest BCUT2D eigenvalue weighted by Crippen LogP contribution is 2.31. The van der Waals surface area contributed by atoms with E-state index in [0.29, 0.717) is 5.92 Å². The number of unbranched alkanes of at least 4 members (excludes halogenated alkanes) is 3. The molecular weight excluding hydrogens is 280 g/mol. The van der Waals surface area contributed by atoms with Crippen molar-refractivity contribution in [2.24, 2.45) is 5.92 Å². The van der Waals surface area contributed by atoms with Crippen LogP contribution in [0, 0.1) is 12.8 Å². The van der Waals surface area contributed by atoms with Crippen LogP contribution in [0.15, 0.2) is 29.8 Å². The number of hydrogen-bond donors (Lipinski definition) is 0. The van der Waals surface area contributed by atoms with Gasteiger partial charge in [-0.3, -0.25) is 0 Å². The zero-order valence-electron chi connectivity index (χ0n) is 13.3. The molecule has 2 rings (SSSR count). The van der Waals surface area contributed by atoms with Gasteiger partial charge < -0.3 is 4.74 Å². The average Bonchev–Trinajstić information content (AvgIpc) is 2.88. The Morgan fingerprint density at radius 2 is 2.05 bits per heavy atom. The van der Waals surface area contributed by atoms with E-state index in [9.17, 15) is 0 Å². The first kappa shape index (κ1) is 16.4. The van der Waals surface area contributed by atoms with Gasteiger partial charge in [-0.2, -0.15) is 0 Å². The molecule has 0 saturated carbocycles. The van der Waals surface area contributed by atoms with E-state index in [4.69, 9.17) is 16.3 Å². The molecule has 21 heavy (non-hydrogen) atoms. The Bertz CT molecular complexity index is 458. The Morgan fingerprint density at radius 1 is 1.19 bits per heavy atom. The van der Waals surface area contributed by atoms with Gasteiger partial charge in [-0.15, -0.1) is 0 Å². The molecule has 0 N–H and O–H groups in total. The molecule has 0 aromatic heterocycles. The summed E-state index contributed by atoms with van der Waals surface area (Å²) in [6.45, 7) is 5.10. The molecule has 1 aromatic rings. The summed E-state index contributed by atoms with van der Waals surface area (Å²) < 4.78 is 5.98. The Kier molecular flexibility index (Phi) is 6.63. The van der Waals surface area contributed by atoms with E-state index < -0.39 is 0 Å². The minimum atomic E-state index is 0.603. The summed E-state index contributed by atoms with van der Waals surface area (Å²) in [5.74, 6) is 1.50. The van der Waals surface area contributed by atoms with Gasteiger partial charge in [0, 0.05) is 10.9 Å². The van der Waals surface area contributed by atoms with Gasteiger partial charge in [0.15, 0.2) is 0 Å². The number of halogens is 1. The fourth-order valence-corrected chi connectivity index (χ4v) is 3.34. The molecule has 1 aliphatic carbocycles. The van der Waals surface area contributed by atoms with E-state index >= 15 is 0 Å². The van der Waals surface area contributed by atoms with E-state index in [1.165, 1.54) is 44.9 Å². The summed E-state index contributed by atoms with van der Waals surface area (Å²) in [5, 5.41) is 0.756. The molecule has 0 amide bonds. The predicted octanol–water partition coefficient (Wildman–Crippen LogP) is 6.33. The Hall–Kier alpha value is -0.950. The number of allylic oxidation sites excluding steroid dienone is 1. The maximum absolute atomic E-state index is 6.08. The van der Waals surface area contributed by atoms with Crippen molar-refractivity contribution in [3.05, 3.63) is 40.4 Å². The number of aryl methyl sites for hydroxylation is 1. The zero-order chi connectivity index (χ0) is 15.1. The van der Waals surface area contributed by atoms with Crippen LogP contribution in [-0.4, -0.2) is 6.61 Å². The molecule has 2 heteroatoms. The molecule has 0 radical (unpaired) electrons. The van der Waals surface area contributed by atoms with Gasteiger partial charge in [0.25, 0.3) is 0 Å². The van der Waals surface area contributed by atoms with Gasteiger partial charge in [-0.1, -0.05) is 49.4 Å². The Labute approximate surface area is 134 Å². The largest absolute Gasteiger partial charge is 0.493 e. The summed E-state index contributed by atoms with van der Waals surface area (Å²) >= 11 is 6.08. The smallest absolute Gasteiger partial charge is 0.121 e. The fourth-order valence-electron chi connectivity index (χ4n) is 3.06. The van der Waals surface area contributed by atoms with Crippen molar-refractivity contribution >= 4 is 11.6 Å². The minimum absolute atomic E-state index is 0.603. The lowest BCUT2D eigenvalue weighted by atomic mass is 9.97. The number of rotatable bonds is 8. The van der Waals surface area contributed by atoms with Gasteiger partial charge in [-0.05, 0) is 56.4 Å². The van der Waals surface area contributed by atoms with E-state index in [-0.39, 0.29) is 0 Å². The van der Waals surface area contributed by atoms with E-state index in [2.05, 4.69) is 19.1 Å². The molecule has 1 atom stereocenters. The van der Waals surface area contributed by atoms with Gasteiger partial charge >= 0.3 is 0 Å². The number of benzene rings is 1. The number of hydrogen-bond acceptors (Lipinski definition) is 1. The maximum Gasteiger partial charge on any atom is 0.121 e. The first-order chi connectivity index (χ1) is 10.2. The Balaban J connectivity index is 1.80. The molecule has 0 heterocycles. The first-order valence-electron chi connectivity index (χ1n) is 8.28. The van der Waals surface area contributed by atoms with Crippen molar-refractivity contribution in [3.63, 3.8) is 0 Å². The maximum atomic E-state index is 6.08. The van der Waals surface area contributed by atoms with Crippen LogP contribution in [0.2, 0.25) is 5.02 Å². The molecule has 0 saturated heterocycles. The molecule has 0 unspecified atom stereocenters. The molecule has 116 valence electrons. The van der Waals surface area contributed by atoms with Gasteiger partial charge in [0.2, 0.25) is 0 Å². The molecule has 1 nitrogen and oxygen atoms in total. The quantitative estimate of drug-likeness (QED) is 0.402. The second kappa shape index (κ2) is 8.48. The SMILES string of the molecule is CCCCCCC1=CCC[C@@H]1COc1cc(C)cc(Cl)c1. The van der Waals surface area contributed by atoms with Crippen molar-refractivity contribution in [1.82, 2.24) is 0 Å². The topological polar surface area (TPSA) is 9.23 Å². The monoisotopic (exact) mass is 306 g/mol. The van der Waals surface area contributed by atoms with Crippen molar-refractivity contribution in [1.29, 1.82) is 0 Å². The van der Waals surface area contributed by atoms with Crippen molar-refractivity contribution < 1.29 is 4.74 Å². The molecule has 1 aromatic carbocycles. The minimum Gasteiger partial charge on any atom is -0.493 e. The van der Waals surface area contributed by atoms with Crippen molar-refractivity contribution in [3.8, 4) is 5.75 Å². The van der Waals surface area contributed by atoms with E-state index in [0.717, 1.165) is 22.9 Å². The van der Waals surface area contributed by atoms with Gasteiger partial charge in [0.1, 0.15) is 5.75 Å². The Morgan fingerprint density at radius 3 is 2.81 bits per heavy atom. The molecule has 0 fully saturated rings. The van der Waals surface area contributed by atoms with Crippen LogP contribution in [0.3, 0.4) is 0 Å². The normalized spacial score (nSPS) is 17.9. The van der Waals surface area contributed by atoms with Crippen LogP contribution in [0.4, 0.5) is 0 Å². The summed E-state index contributed by atoms with van der Waals surface area (Å²) in [5.41, 5.74) is 2.77. The third-order valence-electron chi connectivity index (χ3n) is 4.23. The van der Waals surface area contributed by atoms with Crippen LogP contribution >= 0.6 is 11.6 Å². The lowest BCUT2D eigenvalue weighted by Crippen LogP contribution is -2.12. The predicted molar refractivity (Wildman–Crippen MR) is 91.3 cm³/mol. The highest BCUT2D eigenvalue weighted by atomic mass is 35.5. The lowest BCUT2D eigenvalue weighted by molar-refractivity contribution is 0.265. The fraction of sp³-hybridized carbons (Fsp3) is 0.579. The second-order valence-corrected chi connectivity index (χ2v) is 6.58. The standard InChI is InChI=1S/C19H27ClO/c1-3-4-5-6-8-16-9-7-10-17(16)14-21-19-12-15(2)11-18(20)13-19/h9,11-13,17H,3-8,10,14H2,1-2H3/t17-/m1/s1. The third kappa shape index (κ3) is 5.39. The third-order valence-corrected chi connectivity index (χ3v) is 4.45. The second-order valence-electron chi connectivity index (χ2n) is 6.14. The zero-order valence-corrected chi connectivity index (χ0v) is 14.1. The molecule has 0 bridgehead atoms.